The van der Waals surface area contributed by atoms with Crippen LogP contribution in [0.4, 0.5) is 19.0 Å². The molecule has 2 nitrogen and oxygen atoms in total. The molecule has 20 heavy (non-hydrogen) atoms. The van der Waals surface area contributed by atoms with Crippen LogP contribution in [0.1, 0.15) is 16.7 Å². The van der Waals surface area contributed by atoms with E-state index in [1.807, 2.05) is 31.2 Å². The van der Waals surface area contributed by atoms with Crippen molar-refractivity contribution < 1.29 is 13.2 Å². The number of anilines is 1. The molecule has 106 valence electrons. The van der Waals surface area contributed by atoms with E-state index < -0.39 is 11.7 Å². The van der Waals surface area contributed by atoms with E-state index in [2.05, 4.69) is 26.2 Å². The van der Waals surface area contributed by atoms with E-state index in [0.717, 1.165) is 17.2 Å². The molecule has 0 atom stereocenters. The first kappa shape index (κ1) is 14.8. The van der Waals surface area contributed by atoms with E-state index in [0.29, 0.717) is 11.0 Å². The van der Waals surface area contributed by atoms with Gasteiger partial charge in [0.25, 0.3) is 0 Å². The van der Waals surface area contributed by atoms with Crippen molar-refractivity contribution >= 4 is 21.7 Å². The summed E-state index contributed by atoms with van der Waals surface area (Å²) in [6, 6.07) is 8.54. The predicted molar refractivity (Wildman–Crippen MR) is 75.4 cm³/mol. The summed E-state index contributed by atoms with van der Waals surface area (Å²) >= 11 is 3.01. The second-order valence-corrected chi connectivity index (χ2v) is 5.24. The summed E-state index contributed by atoms with van der Waals surface area (Å²) in [6.45, 7) is 2.21. The third kappa shape index (κ3) is 3.50. The van der Waals surface area contributed by atoms with Crippen LogP contribution in [0.3, 0.4) is 0 Å². The molecule has 0 unspecified atom stereocenters. The normalized spacial score (nSPS) is 11.4. The lowest BCUT2D eigenvalue weighted by atomic mass is 10.1. The quantitative estimate of drug-likeness (QED) is 0.866. The third-order valence-corrected chi connectivity index (χ3v) is 3.30. The highest BCUT2D eigenvalue weighted by molar-refractivity contribution is 9.10. The van der Waals surface area contributed by atoms with Crippen molar-refractivity contribution in [2.75, 3.05) is 5.32 Å². The second-order valence-electron chi connectivity index (χ2n) is 4.33. The molecule has 0 spiro atoms. The van der Waals surface area contributed by atoms with Gasteiger partial charge in [0.2, 0.25) is 0 Å². The number of aromatic nitrogens is 1. The molecule has 0 fully saturated rings. The van der Waals surface area contributed by atoms with Crippen LogP contribution in [0, 0.1) is 6.92 Å². The molecule has 2 rings (SSSR count). The number of aryl methyl sites for hydroxylation is 1. The van der Waals surface area contributed by atoms with Crippen LogP contribution in [0.2, 0.25) is 0 Å². The van der Waals surface area contributed by atoms with Gasteiger partial charge in [-0.3, -0.25) is 0 Å². The fraction of sp³-hybridized carbons (Fsp3) is 0.214. The molecule has 0 aliphatic rings. The third-order valence-electron chi connectivity index (χ3n) is 2.87. The van der Waals surface area contributed by atoms with Gasteiger partial charge in [0, 0.05) is 17.2 Å². The summed E-state index contributed by atoms with van der Waals surface area (Å²) in [7, 11) is 0. The lowest BCUT2D eigenvalue weighted by Crippen LogP contribution is -2.12. The average molecular weight is 345 g/mol. The molecule has 0 bridgehead atoms. The fourth-order valence-electron chi connectivity index (χ4n) is 1.78. The van der Waals surface area contributed by atoms with E-state index in [9.17, 15) is 13.2 Å². The highest BCUT2D eigenvalue weighted by Gasteiger charge is 2.34. The van der Waals surface area contributed by atoms with Gasteiger partial charge < -0.3 is 5.32 Å². The highest BCUT2D eigenvalue weighted by atomic mass is 79.9. The van der Waals surface area contributed by atoms with Gasteiger partial charge in [-0.25, -0.2) is 4.98 Å². The summed E-state index contributed by atoms with van der Waals surface area (Å²) in [4.78, 5) is 3.81. The number of hydrogen-bond donors (Lipinski definition) is 1. The molecule has 1 heterocycles. The van der Waals surface area contributed by atoms with Gasteiger partial charge in [-0.05, 0) is 40.0 Å². The number of nitrogens with zero attached hydrogens (tertiary/aromatic N) is 1. The van der Waals surface area contributed by atoms with Gasteiger partial charge in [-0.15, -0.1) is 0 Å². The zero-order valence-electron chi connectivity index (χ0n) is 10.6. The predicted octanol–water partition coefficient (Wildman–Crippen LogP) is 4.78. The van der Waals surface area contributed by atoms with E-state index in [-0.39, 0.29) is 5.82 Å². The van der Waals surface area contributed by atoms with Gasteiger partial charge in [0.05, 0.1) is 5.56 Å². The first-order valence-corrected chi connectivity index (χ1v) is 6.68. The number of benzene rings is 1. The van der Waals surface area contributed by atoms with Crippen LogP contribution >= 0.6 is 15.9 Å². The molecular formula is C14H12BrF3N2. The number of alkyl halides is 3. The van der Waals surface area contributed by atoms with E-state index in [4.69, 9.17) is 0 Å². The standard InChI is InChI=1S/C14H12BrF3N2/c1-9-4-2-3-5-10(9)7-19-13-12(14(16,17)18)6-11(15)8-20-13/h2-6,8H,7H2,1H3,(H,19,20). The Kier molecular flexibility index (Phi) is 4.32. The van der Waals surface area contributed by atoms with Gasteiger partial charge in [-0.2, -0.15) is 13.2 Å². The number of nitrogens with one attached hydrogen (secondary N) is 1. The van der Waals surface area contributed by atoms with Crippen LogP contribution in [-0.4, -0.2) is 4.98 Å². The number of halogens is 4. The van der Waals surface area contributed by atoms with Crippen molar-refractivity contribution in [3.8, 4) is 0 Å². The molecule has 0 amide bonds. The summed E-state index contributed by atoms with van der Waals surface area (Å²) in [5.41, 5.74) is 1.18. The van der Waals surface area contributed by atoms with Crippen LogP contribution < -0.4 is 5.32 Å². The summed E-state index contributed by atoms with van der Waals surface area (Å²) in [6.07, 6.45) is -3.10. The van der Waals surface area contributed by atoms with Crippen molar-refractivity contribution in [2.24, 2.45) is 0 Å². The average Bonchev–Trinajstić information content (AvgIpc) is 2.38. The largest absolute Gasteiger partial charge is 0.419 e. The molecule has 0 saturated carbocycles. The number of hydrogen-bond acceptors (Lipinski definition) is 2. The zero-order valence-corrected chi connectivity index (χ0v) is 12.2. The molecule has 0 radical (unpaired) electrons. The van der Waals surface area contributed by atoms with Crippen LogP contribution in [0.5, 0.6) is 0 Å². The van der Waals surface area contributed by atoms with E-state index in [1.165, 1.54) is 6.20 Å². The Balaban J connectivity index is 2.24. The Hall–Kier alpha value is -1.56. The minimum absolute atomic E-state index is 0.163. The first-order chi connectivity index (χ1) is 9.38. The molecule has 1 N–H and O–H groups in total. The minimum Gasteiger partial charge on any atom is -0.365 e. The SMILES string of the molecule is Cc1ccccc1CNc1ncc(Br)cc1C(F)(F)F. The van der Waals surface area contributed by atoms with Gasteiger partial charge in [-0.1, -0.05) is 24.3 Å². The molecule has 0 saturated heterocycles. The molecule has 1 aromatic carbocycles. The Morgan fingerprint density at radius 3 is 2.60 bits per heavy atom. The maximum atomic E-state index is 12.9. The maximum absolute atomic E-state index is 12.9. The van der Waals surface area contributed by atoms with Crippen LogP contribution in [0.15, 0.2) is 41.0 Å². The molecule has 0 aliphatic heterocycles. The van der Waals surface area contributed by atoms with Crippen molar-refractivity contribution in [3.05, 3.63) is 57.7 Å². The number of rotatable bonds is 3. The lowest BCUT2D eigenvalue weighted by Gasteiger charge is -2.14. The van der Waals surface area contributed by atoms with Crippen molar-refractivity contribution in [2.45, 2.75) is 19.6 Å². The van der Waals surface area contributed by atoms with Crippen LogP contribution in [0.25, 0.3) is 0 Å². The summed E-state index contributed by atoms with van der Waals surface area (Å²) in [5.74, 6) is -0.163. The number of pyridine rings is 1. The first-order valence-electron chi connectivity index (χ1n) is 5.89. The Labute approximate surface area is 123 Å². The smallest absolute Gasteiger partial charge is 0.365 e. The Morgan fingerprint density at radius 2 is 1.95 bits per heavy atom. The van der Waals surface area contributed by atoms with Crippen molar-refractivity contribution in [3.63, 3.8) is 0 Å². The molecule has 0 aliphatic carbocycles. The van der Waals surface area contributed by atoms with Gasteiger partial charge in [0.15, 0.2) is 0 Å². The van der Waals surface area contributed by atoms with Gasteiger partial charge in [0.1, 0.15) is 5.82 Å². The van der Waals surface area contributed by atoms with Gasteiger partial charge >= 0.3 is 6.18 Å². The lowest BCUT2D eigenvalue weighted by molar-refractivity contribution is -0.137. The van der Waals surface area contributed by atoms with E-state index >= 15 is 0 Å². The molecule has 1 aromatic heterocycles. The van der Waals surface area contributed by atoms with Crippen LogP contribution in [-0.2, 0) is 12.7 Å². The highest BCUT2D eigenvalue weighted by Crippen LogP contribution is 2.35. The summed E-state index contributed by atoms with van der Waals surface area (Å²) < 4.78 is 39.1. The van der Waals surface area contributed by atoms with Crippen molar-refractivity contribution in [1.29, 1.82) is 0 Å². The molecule has 2 aromatic rings. The topological polar surface area (TPSA) is 24.9 Å². The zero-order chi connectivity index (χ0) is 14.8. The molecule has 6 heteroatoms. The fourth-order valence-corrected chi connectivity index (χ4v) is 2.11. The summed E-state index contributed by atoms with van der Waals surface area (Å²) in [5, 5.41) is 2.75. The molecular weight excluding hydrogens is 333 g/mol. The minimum atomic E-state index is -4.44. The Morgan fingerprint density at radius 1 is 1.25 bits per heavy atom. The monoisotopic (exact) mass is 344 g/mol. The second kappa shape index (κ2) is 5.83. The maximum Gasteiger partial charge on any atom is 0.419 e. The van der Waals surface area contributed by atoms with Crippen molar-refractivity contribution in [1.82, 2.24) is 4.98 Å². The van der Waals surface area contributed by atoms with E-state index in [1.54, 1.807) is 0 Å². The Bertz CT molecular complexity index is 612.